The van der Waals surface area contributed by atoms with Crippen LogP contribution in [0, 0.1) is 0 Å². The molecule has 40 heavy (non-hydrogen) atoms. The molecule has 0 spiro atoms. The van der Waals surface area contributed by atoms with Gasteiger partial charge >= 0.3 is 0 Å². The van der Waals surface area contributed by atoms with E-state index in [4.69, 9.17) is 23.2 Å². The van der Waals surface area contributed by atoms with Crippen LogP contribution in [0.4, 0.5) is 5.69 Å². The third-order valence-electron chi connectivity index (χ3n) is 6.62. The Bertz CT molecular complexity index is 1320. The minimum Gasteiger partial charge on any atom is -0.390 e. The zero-order valence-electron chi connectivity index (χ0n) is 21.6. The molecule has 212 valence electrons. The highest BCUT2D eigenvalue weighted by molar-refractivity contribution is 6.43. The van der Waals surface area contributed by atoms with Crippen molar-refractivity contribution in [1.82, 2.24) is 19.8 Å². The number of rotatable bonds is 8. The van der Waals surface area contributed by atoms with Crippen molar-refractivity contribution in [2.24, 2.45) is 0 Å². The minimum absolute atomic E-state index is 0. The summed E-state index contributed by atoms with van der Waals surface area (Å²) in [5.41, 5.74) is 3.05. The normalized spacial score (nSPS) is 14.1. The molecule has 1 amide bonds. The molecule has 0 saturated carbocycles. The van der Waals surface area contributed by atoms with E-state index < -0.39 is 6.10 Å². The fraction of sp³-hybridized carbons (Fsp3) is 0.241. The Morgan fingerprint density at radius 3 is 2.23 bits per heavy atom. The molecule has 5 rings (SSSR count). The molecule has 3 aromatic carbocycles. The number of aromatic nitrogens is 2. The van der Waals surface area contributed by atoms with Gasteiger partial charge in [-0.05, 0) is 24.3 Å². The van der Waals surface area contributed by atoms with Gasteiger partial charge in [-0.3, -0.25) is 14.3 Å². The number of carbonyl (C=O) groups is 1. The zero-order valence-corrected chi connectivity index (χ0v) is 24.8. The standard InChI is InChI=1S/C29H29Cl2N5O2.2ClH/c30-24-12-7-13-26(27(24)31)35-16-14-34(15-17-35)19-23(37)18-32-29(38)25-20-36(22-10-5-2-6-11-22)28(33-25)21-8-3-1-4-9-21;;/h1-13,20,23,37H,14-19H2,(H,32,38);2*1H. The highest BCUT2D eigenvalue weighted by Crippen LogP contribution is 2.33. The van der Waals surface area contributed by atoms with Crippen LogP contribution in [0.1, 0.15) is 10.5 Å². The molecule has 0 radical (unpaired) electrons. The number of imidazole rings is 1. The molecule has 1 fully saturated rings. The maximum atomic E-state index is 13.0. The largest absolute Gasteiger partial charge is 0.390 e. The average molecular weight is 623 g/mol. The van der Waals surface area contributed by atoms with Crippen LogP contribution in [0.25, 0.3) is 17.1 Å². The number of amides is 1. The van der Waals surface area contributed by atoms with Crippen LogP contribution in [-0.4, -0.2) is 70.8 Å². The predicted molar refractivity (Wildman–Crippen MR) is 167 cm³/mol. The van der Waals surface area contributed by atoms with E-state index in [1.165, 1.54) is 0 Å². The van der Waals surface area contributed by atoms with E-state index >= 15 is 0 Å². The molecule has 1 atom stereocenters. The molecule has 0 bridgehead atoms. The number of anilines is 1. The highest BCUT2D eigenvalue weighted by atomic mass is 35.5. The SMILES string of the molecule is Cl.Cl.O=C(NCC(O)CN1CCN(c2cccc(Cl)c2Cl)CC1)c1cn(-c2ccccc2)c(-c2ccccc2)n1. The first-order valence-corrected chi connectivity index (χ1v) is 13.3. The Morgan fingerprint density at radius 1 is 0.900 bits per heavy atom. The van der Waals surface area contributed by atoms with E-state index in [9.17, 15) is 9.90 Å². The summed E-state index contributed by atoms with van der Waals surface area (Å²) in [7, 11) is 0. The van der Waals surface area contributed by atoms with Gasteiger partial charge in [-0.2, -0.15) is 0 Å². The topological polar surface area (TPSA) is 73.6 Å². The summed E-state index contributed by atoms with van der Waals surface area (Å²) in [6, 6.07) is 25.2. The van der Waals surface area contributed by atoms with Crippen LogP contribution in [0.15, 0.2) is 85.1 Å². The van der Waals surface area contributed by atoms with Crippen molar-refractivity contribution in [3.05, 3.63) is 101 Å². The number of nitrogens with one attached hydrogen (secondary N) is 1. The number of piperazine rings is 1. The van der Waals surface area contributed by atoms with Crippen molar-refractivity contribution in [2.75, 3.05) is 44.2 Å². The third-order valence-corrected chi connectivity index (χ3v) is 7.43. The number of hydrogen-bond acceptors (Lipinski definition) is 5. The second-order valence-corrected chi connectivity index (χ2v) is 10.0. The summed E-state index contributed by atoms with van der Waals surface area (Å²) in [6.45, 7) is 3.70. The Kier molecular flexibility index (Phi) is 11.7. The fourth-order valence-corrected chi connectivity index (χ4v) is 5.05. The number of nitrogens with zero attached hydrogens (tertiary/aromatic N) is 4. The third kappa shape index (κ3) is 7.49. The van der Waals surface area contributed by atoms with Gasteiger partial charge in [-0.15, -0.1) is 24.8 Å². The second-order valence-electron chi connectivity index (χ2n) is 9.25. The molecule has 1 aliphatic heterocycles. The van der Waals surface area contributed by atoms with E-state index in [0.717, 1.165) is 43.1 Å². The molecular weight excluding hydrogens is 592 g/mol. The number of aliphatic hydroxyl groups excluding tert-OH is 1. The Labute approximate surface area is 256 Å². The Hall–Kier alpha value is -2.78. The van der Waals surface area contributed by atoms with Gasteiger partial charge in [-0.25, -0.2) is 4.98 Å². The van der Waals surface area contributed by atoms with Crippen LogP contribution in [0.2, 0.25) is 10.0 Å². The summed E-state index contributed by atoms with van der Waals surface area (Å²) in [5.74, 6) is 0.358. The number of aliphatic hydroxyl groups is 1. The summed E-state index contributed by atoms with van der Waals surface area (Å²) >= 11 is 12.5. The lowest BCUT2D eigenvalue weighted by Crippen LogP contribution is -2.50. The number of β-amino-alcohol motifs (C(OH)–C–C–N with tert-alkyl or cyclic N) is 1. The molecule has 7 nitrogen and oxygen atoms in total. The lowest BCUT2D eigenvalue weighted by molar-refractivity contribution is 0.0848. The summed E-state index contributed by atoms with van der Waals surface area (Å²) in [4.78, 5) is 22.0. The fourth-order valence-electron chi connectivity index (χ4n) is 4.64. The minimum atomic E-state index is -0.704. The van der Waals surface area contributed by atoms with Crippen molar-refractivity contribution >= 4 is 59.6 Å². The van der Waals surface area contributed by atoms with Crippen LogP contribution < -0.4 is 10.2 Å². The van der Waals surface area contributed by atoms with Gasteiger partial charge in [0.05, 0.1) is 21.8 Å². The first-order valence-electron chi connectivity index (χ1n) is 12.6. The molecule has 1 unspecified atom stereocenters. The zero-order chi connectivity index (χ0) is 26.5. The first-order chi connectivity index (χ1) is 18.5. The lowest BCUT2D eigenvalue weighted by atomic mass is 10.2. The monoisotopic (exact) mass is 621 g/mol. The molecule has 1 aliphatic rings. The molecule has 11 heteroatoms. The van der Waals surface area contributed by atoms with Crippen LogP contribution in [-0.2, 0) is 0 Å². The van der Waals surface area contributed by atoms with E-state index in [0.29, 0.717) is 28.1 Å². The number of para-hydroxylation sites is 1. The molecule has 1 saturated heterocycles. The van der Waals surface area contributed by atoms with Crippen LogP contribution >= 0.6 is 48.0 Å². The average Bonchev–Trinajstić information content (AvgIpc) is 3.41. The Morgan fingerprint density at radius 2 is 1.55 bits per heavy atom. The van der Waals surface area contributed by atoms with Crippen molar-refractivity contribution in [3.63, 3.8) is 0 Å². The summed E-state index contributed by atoms with van der Waals surface area (Å²) in [6.07, 6.45) is 1.03. The lowest BCUT2D eigenvalue weighted by Gasteiger charge is -2.37. The van der Waals surface area contributed by atoms with Crippen molar-refractivity contribution in [3.8, 4) is 17.1 Å². The predicted octanol–water partition coefficient (Wildman–Crippen LogP) is 5.60. The van der Waals surface area contributed by atoms with E-state index in [-0.39, 0.29) is 37.3 Å². The van der Waals surface area contributed by atoms with E-state index in [1.54, 1.807) is 12.3 Å². The van der Waals surface area contributed by atoms with Gasteiger partial charge in [0.1, 0.15) is 11.5 Å². The molecule has 1 aromatic heterocycles. The number of halogens is 4. The van der Waals surface area contributed by atoms with Gasteiger partial charge in [0, 0.05) is 56.7 Å². The van der Waals surface area contributed by atoms with Crippen molar-refractivity contribution < 1.29 is 9.90 Å². The molecular formula is C29H31Cl4N5O2. The molecule has 2 N–H and O–H groups in total. The summed E-state index contributed by atoms with van der Waals surface area (Å²) in [5, 5.41) is 14.6. The quantitative estimate of drug-likeness (QED) is 0.268. The number of carbonyl (C=O) groups excluding carboxylic acids is 1. The smallest absolute Gasteiger partial charge is 0.271 e. The second kappa shape index (κ2) is 14.7. The highest BCUT2D eigenvalue weighted by Gasteiger charge is 2.22. The van der Waals surface area contributed by atoms with Crippen LogP contribution in [0.3, 0.4) is 0 Å². The number of hydrogen-bond donors (Lipinski definition) is 2. The van der Waals surface area contributed by atoms with Gasteiger partial charge < -0.3 is 15.3 Å². The Balaban J connectivity index is 0.00000220. The molecule has 4 aromatic rings. The van der Waals surface area contributed by atoms with Crippen molar-refractivity contribution in [2.45, 2.75) is 6.10 Å². The van der Waals surface area contributed by atoms with E-state index in [2.05, 4.69) is 20.1 Å². The molecule has 0 aliphatic carbocycles. The van der Waals surface area contributed by atoms with E-state index in [1.807, 2.05) is 77.4 Å². The number of benzene rings is 3. The molecule has 2 heterocycles. The first kappa shape index (κ1) is 31.7. The van der Waals surface area contributed by atoms with Gasteiger partial charge in [0.2, 0.25) is 0 Å². The van der Waals surface area contributed by atoms with Gasteiger partial charge in [0.25, 0.3) is 5.91 Å². The summed E-state index contributed by atoms with van der Waals surface area (Å²) < 4.78 is 1.91. The van der Waals surface area contributed by atoms with Gasteiger partial charge in [0.15, 0.2) is 0 Å². The van der Waals surface area contributed by atoms with Gasteiger partial charge in [-0.1, -0.05) is 77.8 Å². The maximum absolute atomic E-state index is 13.0. The van der Waals surface area contributed by atoms with Crippen molar-refractivity contribution in [1.29, 1.82) is 0 Å². The van der Waals surface area contributed by atoms with Crippen LogP contribution in [0.5, 0.6) is 0 Å². The maximum Gasteiger partial charge on any atom is 0.271 e.